The van der Waals surface area contributed by atoms with E-state index in [4.69, 9.17) is 9.72 Å². The van der Waals surface area contributed by atoms with E-state index in [1.807, 2.05) is 45.7 Å². The van der Waals surface area contributed by atoms with Crippen molar-refractivity contribution in [3.63, 3.8) is 0 Å². The fourth-order valence-corrected chi connectivity index (χ4v) is 3.07. The van der Waals surface area contributed by atoms with Gasteiger partial charge in [-0.3, -0.25) is 4.79 Å². The van der Waals surface area contributed by atoms with Crippen molar-refractivity contribution in [2.45, 2.75) is 53.0 Å². The van der Waals surface area contributed by atoms with Gasteiger partial charge in [0, 0.05) is 13.6 Å². The minimum absolute atomic E-state index is 0.0208. The van der Waals surface area contributed by atoms with Crippen LogP contribution in [0, 0.1) is 0 Å². The zero-order valence-corrected chi connectivity index (χ0v) is 15.3. The van der Waals surface area contributed by atoms with Crippen molar-refractivity contribution in [1.29, 1.82) is 0 Å². The third kappa shape index (κ3) is 3.34. The SMILES string of the molecule is CC=C(C)c1nc(C(=O)N2CCOCC2(C)C)c(CCC)n1C. The molecular weight excluding hydrogens is 290 g/mol. The molecule has 0 aromatic carbocycles. The summed E-state index contributed by atoms with van der Waals surface area (Å²) in [5, 5.41) is 0. The molecule has 5 nitrogen and oxygen atoms in total. The van der Waals surface area contributed by atoms with Crippen molar-refractivity contribution >= 4 is 11.5 Å². The van der Waals surface area contributed by atoms with Crippen molar-refractivity contribution in [2.75, 3.05) is 19.8 Å². The molecule has 5 heteroatoms. The van der Waals surface area contributed by atoms with Gasteiger partial charge in [0.25, 0.3) is 5.91 Å². The van der Waals surface area contributed by atoms with Gasteiger partial charge in [0.2, 0.25) is 0 Å². The van der Waals surface area contributed by atoms with Gasteiger partial charge in [-0.15, -0.1) is 0 Å². The highest BCUT2D eigenvalue weighted by Crippen LogP contribution is 2.25. The number of aromatic nitrogens is 2. The van der Waals surface area contributed by atoms with Crippen LogP contribution in [0.1, 0.15) is 63.0 Å². The number of imidazole rings is 1. The van der Waals surface area contributed by atoms with Crippen molar-refractivity contribution in [3.8, 4) is 0 Å². The lowest BCUT2D eigenvalue weighted by Crippen LogP contribution is -2.55. The lowest BCUT2D eigenvalue weighted by atomic mass is 10.0. The molecule has 0 unspecified atom stereocenters. The third-order valence-electron chi connectivity index (χ3n) is 4.58. The largest absolute Gasteiger partial charge is 0.377 e. The van der Waals surface area contributed by atoms with Crippen molar-refractivity contribution in [3.05, 3.63) is 23.3 Å². The molecule has 2 rings (SSSR count). The van der Waals surface area contributed by atoms with Crippen molar-refractivity contribution in [2.24, 2.45) is 7.05 Å². The first-order valence-corrected chi connectivity index (χ1v) is 8.42. The summed E-state index contributed by atoms with van der Waals surface area (Å²) in [6.45, 7) is 12.0. The molecule has 0 atom stereocenters. The van der Waals surface area contributed by atoms with Crippen LogP contribution in [0.25, 0.3) is 5.57 Å². The zero-order chi connectivity index (χ0) is 17.2. The first kappa shape index (κ1) is 17.7. The van der Waals surface area contributed by atoms with Crippen LogP contribution >= 0.6 is 0 Å². The van der Waals surface area contributed by atoms with Crippen LogP contribution in [0.5, 0.6) is 0 Å². The van der Waals surface area contributed by atoms with Gasteiger partial charge in [0.15, 0.2) is 0 Å². The molecule has 0 N–H and O–H groups in total. The summed E-state index contributed by atoms with van der Waals surface area (Å²) >= 11 is 0. The summed E-state index contributed by atoms with van der Waals surface area (Å²) in [5.41, 5.74) is 2.41. The molecule has 2 heterocycles. The summed E-state index contributed by atoms with van der Waals surface area (Å²) in [7, 11) is 2.00. The van der Waals surface area contributed by atoms with E-state index < -0.39 is 0 Å². The summed E-state index contributed by atoms with van der Waals surface area (Å²) in [4.78, 5) is 19.8. The summed E-state index contributed by atoms with van der Waals surface area (Å²) < 4.78 is 7.60. The van der Waals surface area contributed by atoms with Gasteiger partial charge in [-0.25, -0.2) is 4.98 Å². The smallest absolute Gasteiger partial charge is 0.274 e. The third-order valence-corrected chi connectivity index (χ3v) is 4.58. The Balaban J connectivity index is 2.47. The highest BCUT2D eigenvalue weighted by atomic mass is 16.5. The number of hydrogen-bond donors (Lipinski definition) is 0. The van der Waals surface area contributed by atoms with E-state index in [1.165, 1.54) is 0 Å². The van der Waals surface area contributed by atoms with Gasteiger partial charge in [-0.2, -0.15) is 0 Å². The quantitative estimate of drug-likeness (QED) is 0.857. The Kier molecular flexibility index (Phi) is 5.30. The van der Waals surface area contributed by atoms with E-state index in [0.29, 0.717) is 25.5 Å². The van der Waals surface area contributed by atoms with Crippen LogP contribution in [-0.4, -0.2) is 45.7 Å². The maximum atomic E-state index is 13.2. The van der Waals surface area contributed by atoms with Crippen LogP contribution in [0.3, 0.4) is 0 Å². The standard InChI is InChI=1S/C18H29N3O2/c1-7-9-14-15(19-16(20(14)6)13(3)8-2)17(22)21-10-11-23-12-18(21,4)5/h8H,7,9-12H2,1-6H3. The molecule has 1 aliphatic heterocycles. The van der Waals surface area contributed by atoms with Crippen LogP contribution in [0.4, 0.5) is 0 Å². The molecule has 0 aliphatic carbocycles. The Morgan fingerprint density at radius 2 is 2.13 bits per heavy atom. The molecular formula is C18H29N3O2. The average Bonchev–Trinajstić information content (AvgIpc) is 2.83. The first-order chi connectivity index (χ1) is 10.8. The zero-order valence-electron chi connectivity index (χ0n) is 15.3. The predicted molar refractivity (Wildman–Crippen MR) is 92.5 cm³/mol. The van der Waals surface area contributed by atoms with Crippen LogP contribution in [-0.2, 0) is 18.2 Å². The van der Waals surface area contributed by atoms with E-state index in [1.54, 1.807) is 0 Å². The average molecular weight is 319 g/mol. The number of morpholine rings is 1. The normalized spacial score (nSPS) is 18.3. The minimum Gasteiger partial charge on any atom is -0.377 e. The highest BCUT2D eigenvalue weighted by molar-refractivity contribution is 5.94. The Labute approximate surface area is 139 Å². The number of ether oxygens (including phenoxy) is 1. The fraction of sp³-hybridized carbons (Fsp3) is 0.667. The number of allylic oxidation sites excluding steroid dienone is 2. The lowest BCUT2D eigenvalue weighted by molar-refractivity contribution is -0.0373. The van der Waals surface area contributed by atoms with E-state index in [0.717, 1.165) is 29.9 Å². The monoisotopic (exact) mass is 319 g/mol. The first-order valence-electron chi connectivity index (χ1n) is 8.42. The summed E-state index contributed by atoms with van der Waals surface area (Å²) in [6, 6.07) is 0. The molecule has 1 aliphatic rings. The van der Waals surface area contributed by atoms with E-state index in [2.05, 4.69) is 11.5 Å². The molecule has 0 saturated carbocycles. The Bertz CT molecular complexity index is 614. The van der Waals surface area contributed by atoms with Gasteiger partial charge in [0.05, 0.1) is 24.4 Å². The van der Waals surface area contributed by atoms with Gasteiger partial charge >= 0.3 is 0 Å². The molecule has 1 amide bonds. The molecule has 23 heavy (non-hydrogen) atoms. The molecule has 0 bridgehead atoms. The minimum atomic E-state index is -0.299. The second kappa shape index (κ2) is 6.87. The maximum absolute atomic E-state index is 13.2. The number of carbonyl (C=O) groups is 1. The van der Waals surface area contributed by atoms with Gasteiger partial charge in [-0.05, 0) is 39.7 Å². The van der Waals surface area contributed by atoms with E-state index in [9.17, 15) is 4.79 Å². The molecule has 1 fully saturated rings. The molecule has 1 aromatic heterocycles. The summed E-state index contributed by atoms with van der Waals surface area (Å²) in [6.07, 6.45) is 3.87. The van der Waals surface area contributed by atoms with E-state index in [-0.39, 0.29) is 11.4 Å². The maximum Gasteiger partial charge on any atom is 0.274 e. The summed E-state index contributed by atoms with van der Waals surface area (Å²) in [5.74, 6) is 0.901. The van der Waals surface area contributed by atoms with Gasteiger partial charge in [0.1, 0.15) is 11.5 Å². The van der Waals surface area contributed by atoms with Crippen LogP contribution < -0.4 is 0 Å². The Morgan fingerprint density at radius 3 is 2.70 bits per heavy atom. The molecule has 0 spiro atoms. The second-order valence-corrected chi connectivity index (χ2v) is 6.83. The molecule has 1 saturated heterocycles. The number of rotatable bonds is 4. The number of nitrogens with zero attached hydrogens (tertiary/aromatic N) is 3. The fourth-order valence-electron chi connectivity index (χ4n) is 3.07. The van der Waals surface area contributed by atoms with E-state index >= 15 is 0 Å². The van der Waals surface area contributed by atoms with Gasteiger partial charge < -0.3 is 14.2 Å². The van der Waals surface area contributed by atoms with Crippen LogP contribution in [0.2, 0.25) is 0 Å². The number of amides is 1. The Morgan fingerprint density at radius 1 is 1.43 bits per heavy atom. The van der Waals surface area contributed by atoms with Gasteiger partial charge in [-0.1, -0.05) is 19.4 Å². The topological polar surface area (TPSA) is 47.4 Å². The van der Waals surface area contributed by atoms with Crippen molar-refractivity contribution < 1.29 is 9.53 Å². The van der Waals surface area contributed by atoms with Crippen molar-refractivity contribution in [1.82, 2.24) is 14.5 Å². The second-order valence-electron chi connectivity index (χ2n) is 6.83. The van der Waals surface area contributed by atoms with Crippen LogP contribution in [0.15, 0.2) is 6.08 Å². The highest BCUT2D eigenvalue weighted by Gasteiger charge is 2.36. The number of hydrogen-bond acceptors (Lipinski definition) is 3. The molecule has 128 valence electrons. The lowest BCUT2D eigenvalue weighted by Gasteiger charge is -2.41. The predicted octanol–water partition coefficient (Wildman–Crippen LogP) is 3.05. The Hall–Kier alpha value is -1.62. The molecule has 0 radical (unpaired) electrons. The number of carbonyl (C=O) groups excluding carboxylic acids is 1. The molecule has 1 aromatic rings.